The van der Waals surface area contributed by atoms with Gasteiger partial charge in [0.05, 0.1) is 0 Å². The van der Waals surface area contributed by atoms with Crippen LogP contribution in [0.5, 0.6) is 5.75 Å². The van der Waals surface area contributed by atoms with Crippen LogP contribution in [-0.2, 0) is 0 Å². The molecule has 0 heterocycles. The van der Waals surface area contributed by atoms with Crippen molar-refractivity contribution in [1.29, 1.82) is 0 Å². The minimum absolute atomic E-state index is 0.164. The fourth-order valence-electron chi connectivity index (χ4n) is 2.20. The number of anilines is 2. The van der Waals surface area contributed by atoms with E-state index in [1.165, 1.54) is 17.2 Å². The van der Waals surface area contributed by atoms with E-state index in [4.69, 9.17) is 7.85 Å². The largest absolute Gasteiger partial charge is 0.508 e. The highest BCUT2D eigenvalue weighted by Gasteiger charge is 2.01. The van der Waals surface area contributed by atoms with Crippen molar-refractivity contribution < 1.29 is 5.11 Å². The van der Waals surface area contributed by atoms with Gasteiger partial charge in [0.1, 0.15) is 13.6 Å². The van der Waals surface area contributed by atoms with E-state index in [-0.39, 0.29) is 5.75 Å². The van der Waals surface area contributed by atoms with Gasteiger partial charge in [0.15, 0.2) is 0 Å². The smallest absolute Gasteiger partial charge is 0.116 e. The molecule has 100 valence electrons. The topological polar surface area (TPSA) is 32.3 Å². The van der Waals surface area contributed by atoms with Gasteiger partial charge in [0.2, 0.25) is 0 Å². The minimum atomic E-state index is 0.164. The van der Waals surface area contributed by atoms with Crippen LogP contribution in [0.4, 0.5) is 11.4 Å². The molecule has 0 fully saturated rings. The van der Waals surface area contributed by atoms with Crippen LogP contribution in [0, 0.1) is 0 Å². The lowest BCUT2D eigenvalue weighted by molar-refractivity contribution is 0.476. The van der Waals surface area contributed by atoms with E-state index in [1.807, 2.05) is 30.3 Å². The maximum absolute atomic E-state index is 9.36. The highest BCUT2D eigenvalue weighted by atomic mass is 16.3. The second kappa shape index (κ2) is 5.75. The van der Waals surface area contributed by atoms with Crippen molar-refractivity contribution in [3.05, 3.63) is 72.8 Å². The Labute approximate surface area is 125 Å². The minimum Gasteiger partial charge on any atom is -0.508 e. The Morgan fingerprint density at radius 3 is 2.10 bits per heavy atom. The first-order valence-corrected chi connectivity index (χ1v) is 6.73. The number of rotatable bonds is 3. The highest BCUT2D eigenvalue weighted by Crippen LogP contribution is 2.23. The van der Waals surface area contributed by atoms with Crippen molar-refractivity contribution in [3.8, 4) is 16.9 Å². The van der Waals surface area contributed by atoms with Gasteiger partial charge in [-0.3, -0.25) is 0 Å². The van der Waals surface area contributed by atoms with Crippen LogP contribution in [0.15, 0.2) is 72.8 Å². The molecule has 0 saturated carbocycles. The summed E-state index contributed by atoms with van der Waals surface area (Å²) in [5, 5.41) is 12.6. The Balaban J connectivity index is 1.81. The van der Waals surface area contributed by atoms with Crippen LogP contribution in [0.25, 0.3) is 11.1 Å². The summed E-state index contributed by atoms with van der Waals surface area (Å²) >= 11 is 0. The first-order chi connectivity index (χ1) is 10.2. The van der Waals surface area contributed by atoms with Crippen molar-refractivity contribution >= 4 is 24.7 Å². The van der Waals surface area contributed by atoms with Gasteiger partial charge in [-0.05, 0) is 41.5 Å². The summed E-state index contributed by atoms with van der Waals surface area (Å²) in [7, 11) is 5.87. The predicted molar refractivity (Wildman–Crippen MR) is 88.7 cm³/mol. The Morgan fingerprint density at radius 2 is 1.43 bits per heavy atom. The molecule has 2 nitrogen and oxygen atoms in total. The molecular weight excluding hydrogens is 257 g/mol. The molecule has 3 rings (SSSR count). The standard InChI is InChI=1S/C18H14BNO/c19-17-12-16(21)10-11-18(17)20-15-8-6-14(7-9-15)13-4-2-1-3-5-13/h1-12,20-21H. The number of hydrogen-bond donors (Lipinski definition) is 2. The molecular formula is C18H14BNO. The van der Waals surface area contributed by atoms with Gasteiger partial charge in [-0.15, -0.1) is 0 Å². The zero-order valence-electron chi connectivity index (χ0n) is 11.5. The van der Waals surface area contributed by atoms with Crippen LogP contribution >= 0.6 is 0 Å². The maximum atomic E-state index is 9.36. The molecule has 0 atom stereocenters. The summed E-state index contributed by atoms with van der Waals surface area (Å²) in [4.78, 5) is 0. The number of nitrogens with one attached hydrogen (secondary N) is 1. The Hall–Kier alpha value is -2.68. The van der Waals surface area contributed by atoms with E-state index in [9.17, 15) is 5.11 Å². The normalized spacial score (nSPS) is 10.3. The summed E-state index contributed by atoms with van der Waals surface area (Å²) in [6.45, 7) is 0. The van der Waals surface area contributed by atoms with Gasteiger partial charge in [0, 0.05) is 11.4 Å². The summed E-state index contributed by atoms with van der Waals surface area (Å²) in [6, 6.07) is 23.3. The molecule has 3 heteroatoms. The number of phenols is 1. The fourth-order valence-corrected chi connectivity index (χ4v) is 2.20. The summed E-state index contributed by atoms with van der Waals surface area (Å²) < 4.78 is 0. The average molecular weight is 271 g/mol. The highest BCUT2D eigenvalue weighted by molar-refractivity contribution is 6.36. The van der Waals surface area contributed by atoms with Gasteiger partial charge >= 0.3 is 0 Å². The van der Waals surface area contributed by atoms with E-state index in [0.29, 0.717) is 5.46 Å². The van der Waals surface area contributed by atoms with Gasteiger partial charge < -0.3 is 10.4 Å². The van der Waals surface area contributed by atoms with E-state index < -0.39 is 0 Å². The SMILES string of the molecule is [B]c1cc(O)ccc1Nc1ccc(-c2ccccc2)cc1. The molecule has 0 aliphatic rings. The molecule has 0 unspecified atom stereocenters. The summed E-state index contributed by atoms with van der Waals surface area (Å²) in [5.41, 5.74) is 4.60. The number of hydrogen-bond acceptors (Lipinski definition) is 2. The monoisotopic (exact) mass is 271 g/mol. The van der Waals surface area contributed by atoms with Crippen LogP contribution in [-0.4, -0.2) is 13.0 Å². The van der Waals surface area contributed by atoms with Gasteiger partial charge in [0.25, 0.3) is 0 Å². The van der Waals surface area contributed by atoms with E-state index in [2.05, 4.69) is 29.6 Å². The van der Waals surface area contributed by atoms with Crippen LogP contribution in [0.2, 0.25) is 0 Å². The first-order valence-electron chi connectivity index (χ1n) is 6.73. The molecule has 0 aliphatic carbocycles. The second-order valence-corrected chi connectivity index (χ2v) is 4.84. The third-order valence-corrected chi connectivity index (χ3v) is 3.31. The Morgan fingerprint density at radius 1 is 0.762 bits per heavy atom. The zero-order chi connectivity index (χ0) is 14.7. The molecule has 3 aromatic rings. The van der Waals surface area contributed by atoms with Crippen LogP contribution in [0.3, 0.4) is 0 Å². The van der Waals surface area contributed by atoms with Crippen molar-refractivity contribution in [3.63, 3.8) is 0 Å². The lowest BCUT2D eigenvalue weighted by Crippen LogP contribution is -2.08. The lowest BCUT2D eigenvalue weighted by atomic mass is 9.93. The molecule has 0 aromatic heterocycles. The molecule has 0 aliphatic heterocycles. The van der Waals surface area contributed by atoms with Gasteiger partial charge in [-0.1, -0.05) is 47.9 Å². The van der Waals surface area contributed by atoms with E-state index >= 15 is 0 Å². The summed E-state index contributed by atoms with van der Waals surface area (Å²) in [5.74, 6) is 0.164. The van der Waals surface area contributed by atoms with E-state index in [1.54, 1.807) is 12.1 Å². The molecule has 0 bridgehead atoms. The van der Waals surface area contributed by atoms with E-state index in [0.717, 1.165) is 11.4 Å². The molecule has 2 N–H and O–H groups in total. The molecule has 3 aromatic carbocycles. The number of benzene rings is 3. The lowest BCUT2D eigenvalue weighted by Gasteiger charge is -2.11. The second-order valence-electron chi connectivity index (χ2n) is 4.84. The number of phenolic OH excluding ortho intramolecular Hbond substituents is 1. The molecule has 0 saturated heterocycles. The van der Waals surface area contributed by atoms with Crippen molar-refractivity contribution in [2.75, 3.05) is 5.32 Å². The third-order valence-electron chi connectivity index (χ3n) is 3.31. The quantitative estimate of drug-likeness (QED) is 0.563. The summed E-state index contributed by atoms with van der Waals surface area (Å²) in [6.07, 6.45) is 0. The van der Waals surface area contributed by atoms with Gasteiger partial charge in [-0.2, -0.15) is 0 Å². The van der Waals surface area contributed by atoms with Crippen LogP contribution in [0.1, 0.15) is 0 Å². The zero-order valence-corrected chi connectivity index (χ0v) is 11.5. The predicted octanol–water partition coefficient (Wildman–Crippen LogP) is 3.60. The van der Waals surface area contributed by atoms with Crippen molar-refractivity contribution in [2.24, 2.45) is 0 Å². The maximum Gasteiger partial charge on any atom is 0.116 e. The first kappa shape index (κ1) is 13.3. The Kier molecular flexibility index (Phi) is 3.65. The molecule has 2 radical (unpaired) electrons. The molecule has 21 heavy (non-hydrogen) atoms. The number of aromatic hydroxyl groups is 1. The Bertz CT molecular complexity index is 739. The van der Waals surface area contributed by atoms with Crippen LogP contribution < -0.4 is 10.8 Å². The molecule has 0 amide bonds. The van der Waals surface area contributed by atoms with Crippen molar-refractivity contribution in [2.45, 2.75) is 0 Å². The average Bonchev–Trinajstić information content (AvgIpc) is 2.52. The van der Waals surface area contributed by atoms with Gasteiger partial charge in [-0.25, -0.2) is 0 Å². The molecule has 0 spiro atoms. The van der Waals surface area contributed by atoms with Crippen molar-refractivity contribution in [1.82, 2.24) is 0 Å². The fraction of sp³-hybridized carbons (Fsp3) is 0. The third kappa shape index (κ3) is 3.08.